The lowest BCUT2D eigenvalue weighted by Gasteiger charge is -2.48. The van der Waals surface area contributed by atoms with Crippen molar-refractivity contribution in [2.75, 3.05) is 14.7 Å². The molecule has 0 unspecified atom stereocenters. The Balaban J connectivity index is 1.13. The number of para-hydroxylation sites is 1. The topological polar surface area (TPSA) is 22.9 Å². The van der Waals surface area contributed by atoms with Gasteiger partial charge in [-0.1, -0.05) is 158 Å². The third kappa shape index (κ3) is 7.90. The van der Waals surface area contributed by atoms with Crippen molar-refractivity contribution >= 4 is 96.2 Å². The van der Waals surface area contributed by atoms with Crippen LogP contribution < -0.4 is 31.1 Å². The minimum absolute atomic E-state index is 0.0195. The second-order valence-corrected chi connectivity index (χ2v) is 28.2. The van der Waals surface area contributed by atoms with E-state index in [0.29, 0.717) is 5.56 Å². The van der Waals surface area contributed by atoms with Gasteiger partial charge in [-0.25, -0.2) is 0 Å². The highest BCUT2D eigenvalue weighted by atomic mass is 16.3. The number of furan rings is 1. The van der Waals surface area contributed by atoms with Gasteiger partial charge in [-0.3, -0.25) is 0 Å². The molecular formula is C73H78BN3O. The van der Waals surface area contributed by atoms with Gasteiger partial charge < -0.3 is 19.1 Å². The van der Waals surface area contributed by atoms with Gasteiger partial charge in [-0.05, 0) is 205 Å². The van der Waals surface area contributed by atoms with Crippen molar-refractivity contribution in [2.45, 2.75) is 162 Å². The van der Waals surface area contributed by atoms with Crippen LogP contribution in [-0.4, -0.2) is 6.71 Å². The lowest BCUT2D eigenvalue weighted by Crippen LogP contribution is -2.62. The van der Waals surface area contributed by atoms with Gasteiger partial charge in [0.25, 0.3) is 6.71 Å². The number of aryl methyl sites for hydroxylation is 1. The third-order valence-electron chi connectivity index (χ3n) is 19.0. The molecule has 13 rings (SSSR count). The van der Waals surface area contributed by atoms with E-state index in [4.69, 9.17) is 4.42 Å². The van der Waals surface area contributed by atoms with Gasteiger partial charge in [-0.15, -0.1) is 0 Å². The Kier molecular flexibility index (Phi) is 10.3. The Labute approximate surface area is 469 Å². The summed E-state index contributed by atoms with van der Waals surface area (Å²) in [6, 6.07) is 56.2. The molecule has 0 N–H and O–H groups in total. The smallest absolute Gasteiger partial charge is 0.252 e. The Bertz CT molecular complexity index is 3980. The van der Waals surface area contributed by atoms with E-state index in [0.717, 1.165) is 110 Å². The second-order valence-electron chi connectivity index (χ2n) is 28.2. The molecule has 4 aliphatic rings. The fourth-order valence-corrected chi connectivity index (χ4v) is 14.0. The average molecular weight is 1030 g/mol. The molecule has 9 aromatic rings. The molecule has 4 nitrogen and oxygen atoms in total. The summed E-state index contributed by atoms with van der Waals surface area (Å²) >= 11 is 0. The van der Waals surface area contributed by atoms with Crippen molar-refractivity contribution in [3.63, 3.8) is 0 Å². The predicted octanol–water partition coefficient (Wildman–Crippen LogP) is 18.7. The summed E-state index contributed by atoms with van der Waals surface area (Å²) in [6.45, 7) is 30.2. The van der Waals surface area contributed by atoms with Crippen LogP contribution in [-0.2, 0) is 32.5 Å². The van der Waals surface area contributed by atoms with E-state index >= 15 is 0 Å². The normalized spacial score (nSPS) is 18.3. The first-order valence-corrected chi connectivity index (χ1v) is 28.7. The molecule has 0 amide bonds. The maximum Gasteiger partial charge on any atom is 0.252 e. The van der Waals surface area contributed by atoms with Crippen LogP contribution in [0.25, 0.3) is 21.9 Å². The van der Waals surface area contributed by atoms with Crippen LogP contribution in [0.3, 0.4) is 0 Å². The van der Waals surface area contributed by atoms with E-state index in [-0.39, 0.29) is 39.2 Å². The molecule has 0 saturated heterocycles. The molecule has 0 spiro atoms. The molecule has 2 aliphatic carbocycles. The highest BCUT2D eigenvalue weighted by Crippen LogP contribution is 2.53. The zero-order valence-electron chi connectivity index (χ0n) is 51.6. The fourth-order valence-electron chi connectivity index (χ4n) is 14.0. The molecule has 0 radical (unpaired) electrons. The zero-order chi connectivity index (χ0) is 57.3. The highest BCUT2D eigenvalue weighted by Gasteiger charge is 2.47. The van der Waals surface area contributed by atoms with Gasteiger partial charge in [-0.2, -0.15) is 0 Å². The van der Waals surface area contributed by atoms with Crippen LogP contribution in [0.1, 0.15) is 166 Å². The molecule has 0 saturated carbocycles. The molecule has 5 heteroatoms. The molecule has 1 aromatic heterocycles. The first-order chi connectivity index (χ1) is 38.0. The number of benzene rings is 8. The van der Waals surface area contributed by atoms with Crippen molar-refractivity contribution in [2.24, 2.45) is 0 Å². The van der Waals surface area contributed by atoms with E-state index in [1.807, 2.05) is 24.3 Å². The number of hydrogen-bond donors (Lipinski definition) is 0. The maximum atomic E-state index is 9.33. The largest absolute Gasteiger partial charge is 0.456 e. The summed E-state index contributed by atoms with van der Waals surface area (Å²) in [5.74, 6) is 0. The van der Waals surface area contributed by atoms with Crippen LogP contribution in [0.5, 0.6) is 0 Å². The first-order valence-electron chi connectivity index (χ1n) is 30.2. The van der Waals surface area contributed by atoms with Gasteiger partial charge >= 0.3 is 0 Å². The lowest BCUT2D eigenvalue weighted by atomic mass is 9.33. The highest BCUT2D eigenvalue weighted by molar-refractivity contribution is 7.00. The lowest BCUT2D eigenvalue weighted by molar-refractivity contribution is 0.332. The summed E-state index contributed by atoms with van der Waals surface area (Å²) in [4.78, 5) is 7.20. The zero-order valence-corrected chi connectivity index (χ0v) is 48.6. The molecule has 8 aromatic carbocycles. The third-order valence-corrected chi connectivity index (χ3v) is 19.0. The Hall–Kier alpha value is -6.98. The molecule has 394 valence electrons. The van der Waals surface area contributed by atoms with E-state index in [9.17, 15) is 4.11 Å². The monoisotopic (exact) mass is 1030 g/mol. The molecule has 3 heterocycles. The Morgan fingerprint density at radius 1 is 0.449 bits per heavy atom. The number of nitrogens with zero attached hydrogens (tertiary/aromatic N) is 3. The van der Waals surface area contributed by atoms with Crippen LogP contribution in [0.15, 0.2) is 156 Å². The van der Waals surface area contributed by atoms with Crippen molar-refractivity contribution < 1.29 is 8.53 Å². The van der Waals surface area contributed by atoms with Crippen molar-refractivity contribution in [1.29, 1.82) is 0 Å². The number of fused-ring (bicyclic) bond motifs is 9. The quantitative estimate of drug-likeness (QED) is 0.160. The molecule has 2 aliphatic heterocycles. The van der Waals surface area contributed by atoms with Crippen molar-refractivity contribution in [3.8, 4) is 0 Å². The SMILES string of the molecule is [2H]C([2H])([2H])c1cc2c3c(c1)N(c1ccc4c(c1)C(C)(C)CCC4(C)C)c1cc4c(cc1B3c1ccc(N(c3ccc(C(C)(C)C)cc3)c3ccc(C(C)(C)C)cc3)cc1N2c1ccc2c(c1)oc1ccccc12)C(C)(C)CCC4(C)C. The van der Waals surface area contributed by atoms with Crippen molar-refractivity contribution in [3.05, 3.63) is 191 Å². The van der Waals surface area contributed by atoms with E-state index in [1.54, 1.807) is 0 Å². The minimum Gasteiger partial charge on any atom is -0.456 e. The number of rotatable bonds is 5. The predicted molar refractivity (Wildman–Crippen MR) is 335 cm³/mol. The summed E-state index contributed by atoms with van der Waals surface area (Å²) in [7, 11) is 0. The van der Waals surface area contributed by atoms with Crippen LogP contribution in [0.4, 0.5) is 51.2 Å². The molecule has 0 bridgehead atoms. The Morgan fingerprint density at radius 3 is 1.51 bits per heavy atom. The van der Waals surface area contributed by atoms with Gasteiger partial charge in [0.05, 0.1) is 0 Å². The molecule has 0 atom stereocenters. The maximum absolute atomic E-state index is 9.33. The molecule has 0 fully saturated rings. The number of anilines is 9. The first kappa shape index (κ1) is 47.1. The summed E-state index contributed by atoms with van der Waals surface area (Å²) < 4.78 is 34.7. The number of hydrogen-bond acceptors (Lipinski definition) is 4. The second kappa shape index (κ2) is 17.0. The minimum atomic E-state index is -2.43. The van der Waals surface area contributed by atoms with Crippen molar-refractivity contribution in [1.82, 2.24) is 0 Å². The summed E-state index contributed by atoms with van der Waals surface area (Å²) in [6.07, 6.45) is 4.36. The van der Waals surface area contributed by atoms with Gasteiger partial charge in [0.1, 0.15) is 11.2 Å². The molecule has 78 heavy (non-hydrogen) atoms. The van der Waals surface area contributed by atoms with Crippen LogP contribution in [0.2, 0.25) is 0 Å². The molecular weight excluding hydrogens is 946 g/mol. The van der Waals surface area contributed by atoms with E-state index in [1.165, 1.54) is 38.8 Å². The van der Waals surface area contributed by atoms with Gasteiger partial charge in [0.15, 0.2) is 0 Å². The van der Waals surface area contributed by atoms with Gasteiger partial charge in [0, 0.05) is 72.1 Å². The van der Waals surface area contributed by atoms with E-state index < -0.39 is 6.85 Å². The average Bonchev–Trinajstić information content (AvgIpc) is 3.79. The van der Waals surface area contributed by atoms with E-state index in [2.05, 4.69) is 239 Å². The summed E-state index contributed by atoms with van der Waals surface area (Å²) in [5.41, 5.74) is 22.2. The standard InChI is InChI=1S/C73H78BN3O/c1-45-38-63-67-64(39-45)77(52-28-31-54-53-18-16-17-19-65(53)78-66(54)42-52)61-41-51(75(48-24-20-46(21-25-48)68(2,3)4)49-26-22-47(23-27-49)69(5,6)7)30-33-59(61)74(67)60-43-57-58(73(14,15)37-36-72(57,12)13)44-62(60)76(63)50-29-32-55-56(40-50)71(10,11)35-34-70(55,8)9/h16-33,38-44H,34-37H2,1-15H3/i1D3. The fraction of sp³-hybridized carbons (Fsp3) is 0.342. The Morgan fingerprint density at radius 2 is 0.936 bits per heavy atom. The summed E-state index contributed by atoms with van der Waals surface area (Å²) in [5, 5.41) is 2.10. The van der Waals surface area contributed by atoms with Gasteiger partial charge in [0.2, 0.25) is 0 Å². The van der Waals surface area contributed by atoms with Crippen LogP contribution >= 0.6 is 0 Å². The van der Waals surface area contributed by atoms with Crippen LogP contribution in [0, 0.1) is 6.85 Å².